The third-order valence-corrected chi connectivity index (χ3v) is 7.82. The average Bonchev–Trinajstić information content (AvgIpc) is 3.15. The Morgan fingerprint density at radius 2 is 1.66 bits per heavy atom. The van der Waals surface area contributed by atoms with E-state index in [1.807, 2.05) is 0 Å². The predicted molar refractivity (Wildman–Crippen MR) is 104 cm³/mol. The minimum Gasteiger partial charge on any atom is -0.458 e. The molecule has 0 N–H and O–H groups in total. The van der Waals surface area contributed by atoms with Gasteiger partial charge in [0.1, 0.15) is 6.10 Å². The van der Waals surface area contributed by atoms with Crippen LogP contribution in [0.1, 0.15) is 63.2 Å². The number of nitrogens with zero attached hydrogens (tertiary/aromatic N) is 2. The molecular formula is C21H26N2O6. The third kappa shape index (κ3) is 3.00. The summed E-state index contributed by atoms with van der Waals surface area (Å²) in [5, 5.41) is 22.3. The van der Waals surface area contributed by atoms with Crippen molar-refractivity contribution in [2.45, 2.75) is 59.0 Å². The van der Waals surface area contributed by atoms with Crippen molar-refractivity contribution in [3.63, 3.8) is 0 Å². The average molecular weight is 402 g/mol. The Balaban J connectivity index is 1.66. The first-order valence-corrected chi connectivity index (χ1v) is 10.2. The van der Waals surface area contributed by atoms with Crippen molar-refractivity contribution >= 4 is 17.3 Å². The molecule has 8 heteroatoms. The van der Waals surface area contributed by atoms with E-state index in [2.05, 4.69) is 20.8 Å². The Bertz CT molecular complexity index is 865. The van der Waals surface area contributed by atoms with Crippen molar-refractivity contribution in [2.75, 3.05) is 0 Å². The highest BCUT2D eigenvalue weighted by molar-refractivity contribution is 5.91. The van der Waals surface area contributed by atoms with Crippen LogP contribution in [0.5, 0.6) is 0 Å². The molecule has 3 aliphatic rings. The number of non-ortho nitro benzene ring substituents is 2. The fourth-order valence-electron chi connectivity index (χ4n) is 6.68. The molecule has 0 amide bonds. The minimum atomic E-state index is -0.734. The van der Waals surface area contributed by atoms with Crippen LogP contribution in [0.25, 0.3) is 0 Å². The maximum absolute atomic E-state index is 12.9. The van der Waals surface area contributed by atoms with Gasteiger partial charge in [-0.3, -0.25) is 20.2 Å². The summed E-state index contributed by atoms with van der Waals surface area (Å²) in [7, 11) is 0. The summed E-state index contributed by atoms with van der Waals surface area (Å²) in [5.41, 5.74) is -1.02. The molecule has 0 heterocycles. The van der Waals surface area contributed by atoms with E-state index in [4.69, 9.17) is 4.74 Å². The van der Waals surface area contributed by atoms with Gasteiger partial charge in [-0.1, -0.05) is 27.2 Å². The molecule has 0 aliphatic heterocycles. The maximum Gasteiger partial charge on any atom is 0.338 e. The van der Waals surface area contributed by atoms with Gasteiger partial charge in [0.2, 0.25) is 0 Å². The van der Waals surface area contributed by atoms with Gasteiger partial charge in [0.15, 0.2) is 0 Å². The number of hydrogen-bond donors (Lipinski definition) is 0. The number of carbonyl (C=O) groups is 1. The fourth-order valence-corrected chi connectivity index (χ4v) is 6.68. The molecule has 3 fully saturated rings. The number of nitro groups is 2. The van der Waals surface area contributed by atoms with Crippen LogP contribution in [-0.4, -0.2) is 21.9 Å². The number of rotatable bonds is 4. The highest BCUT2D eigenvalue weighted by Gasteiger charge is 2.66. The second kappa shape index (κ2) is 6.50. The van der Waals surface area contributed by atoms with Crippen LogP contribution < -0.4 is 0 Å². The van der Waals surface area contributed by atoms with Crippen molar-refractivity contribution in [3.05, 3.63) is 44.0 Å². The molecule has 4 rings (SSSR count). The molecule has 3 saturated carbocycles. The molecule has 5 unspecified atom stereocenters. The standard InChI is InChI=1S/C21H26N2O6/c1-20(2)7-4-8-21(3)16-6-5-15(17(16)20)18(21)29-19(24)12-9-13(22(25)26)11-14(10-12)23(27)28/h9-11,15-18H,4-8H2,1-3H3. The molecule has 4 bridgehead atoms. The van der Waals surface area contributed by atoms with E-state index >= 15 is 0 Å². The summed E-state index contributed by atoms with van der Waals surface area (Å²) >= 11 is 0. The monoisotopic (exact) mass is 402 g/mol. The van der Waals surface area contributed by atoms with Crippen LogP contribution >= 0.6 is 0 Å². The van der Waals surface area contributed by atoms with Crippen molar-refractivity contribution in [1.29, 1.82) is 0 Å². The number of nitro benzene ring substituents is 2. The zero-order valence-corrected chi connectivity index (χ0v) is 16.9. The third-order valence-electron chi connectivity index (χ3n) is 7.82. The topological polar surface area (TPSA) is 113 Å². The summed E-state index contributed by atoms with van der Waals surface area (Å²) in [5.74, 6) is 0.560. The quantitative estimate of drug-likeness (QED) is 0.402. The van der Waals surface area contributed by atoms with Gasteiger partial charge in [-0.15, -0.1) is 0 Å². The van der Waals surface area contributed by atoms with E-state index in [1.54, 1.807) is 0 Å². The predicted octanol–water partition coefficient (Wildman–Crippen LogP) is 4.90. The van der Waals surface area contributed by atoms with Crippen LogP contribution in [0.3, 0.4) is 0 Å². The molecule has 156 valence electrons. The van der Waals surface area contributed by atoms with Crippen LogP contribution in [0.4, 0.5) is 11.4 Å². The Hall–Kier alpha value is -2.51. The van der Waals surface area contributed by atoms with Crippen LogP contribution in [0.2, 0.25) is 0 Å². The lowest BCUT2D eigenvalue weighted by atomic mass is 9.70. The van der Waals surface area contributed by atoms with Crippen molar-refractivity contribution in [1.82, 2.24) is 0 Å². The highest BCUT2D eigenvalue weighted by atomic mass is 16.6. The molecule has 0 spiro atoms. The maximum atomic E-state index is 12.9. The van der Waals surface area contributed by atoms with Gasteiger partial charge in [-0.05, 0) is 42.9 Å². The van der Waals surface area contributed by atoms with E-state index < -0.39 is 27.2 Å². The molecule has 29 heavy (non-hydrogen) atoms. The van der Waals surface area contributed by atoms with E-state index in [0.717, 1.165) is 50.3 Å². The van der Waals surface area contributed by atoms with Gasteiger partial charge in [0, 0.05) is 23.5 Å². The van der Waals surface area contributed by atoms with Gasteiger partial charge in [0.25, 0.3) is 11.4 Å². The highest BCUT2D eigenvalue weighted by Crippen LogP contribution is 2.69. The van der Waals surface area contributed by atoms with Gasteiger partial charge < -0.3 is 4.74 Å². The lowest BCUT2D eigenvalue weighted by molar-refractivity contribution is -0.394. The molecule has 3 aliphatic carbocycles. The minimum absolute atomic E-state index is 0.107. The van der Waals surface area contributed by atoms with E-state index in [9.17, 15) is 25.0 Å². The summed E-state index contributed by atoms with van der Waals surface area (Å²) in [4.78, 5) is 33.8. The van der Waals surface area contributed by atoms with Gasteiger partial charge >= 0.3 is 5.97 Å². The van der Waals surface area contributed by atoms with Gasteiger partial charge in [-0.25, -0.2) is 4.79 Å². The number of ether oxygens (including phenoxy) is 1. The Kier molecular flexibility index (Phi) is 4.44. The molecule has 0 aromatic heterocycles. The van der Waals surface area contributed by atoms with Crippen LogP contribution in [0.15, 0.2) is 18.2 Å². The molecule has 1 aromatic rings. The summed E-state index contributed by atoms with van der Waals surface area (Å²) in [6.07, 6.45) is 5.14. The largest absolute Gasteiger partial charge is 0.458 e. The molecule has 0 radical (unpaired) electrons. The first-order chi connectivity index (χ1) is 13.5. The van der Waals surface area contributed by atoms with Crippen LogP contribution in [0, 0.1) is 48.8 Å². The summed E-state index contributed by atoms with van der Waals surface area (Å²) in [6.45, 7) is 6.82. The van der Waals surface area contributed by atoms with E-state index in [1.165, 1.54) is 0 Å². The van der Waals surface area contributed by atoms with Crippen molar-refractivity contribution < 1.29 is 19.4 Å². The van der Waals surface area contributed by atoms with Gasteiger partial charge in [-0.2, -0.15) is 0 Å². The number of esters is 1. The van der Waals surface area contributed by atoms with Crippen LogP contribution in [-0.2, 0) is 4.74 Å². The molecule has 1 aromatic carbocycles. The molecule has 5 atom stereocenters. The normalized spacial score (nSPS) is 34.4. The second-order valence-corrected chi connectivity index (χ2v) is 9.80. The first-order valence-electron chi connectivity index (χ1n) is 10.2. The number of hydrogen-bond acceptors (Lipinski definition) is 6. The zero-order valence-electron chi connectivity index (χ0n) is 16.9. The molecular weight excluding hydrogens is 376 g/mol. The smallest absolute Gasteiger partial charge is 0.338 e. The fraction of sp³-hybridized carbons (Fsp3) is 0.667. The Morgan fingerprint density at radius 3 is 2.24 bits per heavy atom. The van der Waals surface area contributed by atoms with Crippen molar-refractivity contribution in [3.8, 4) is 0 Å². The lowest BCUT2D eigenvalue weighted by Crippen LogP contribution is -2.41. The Labute approximate surface area is 168 Å². The van der Waals surface area contributed by atoms with Gasteiger partial charge in [0.05, 0.1) is 21.5 Å². The SMILES string of the molecule is CC1(C)CCCC2(C)C3CCC(C31)C2OC(=O)c1cc([N+](=O)[O-])cc([N+](=O)[O-])c1. The number of carbonyl (C=O) groups excluding carboxylic acids is 1. The molecule has 8 nitrogen and oxygen atoms in total. The summed E-state index contributed by atoms with van der Waals surface area (Å²) < 4.78 is 5.98. The lowest BCUT2D eigenvalue weighted by Gasteiger charge is -2.40. The van der Waals surface area contributed by atoms with E-state index in [0.29, 0.717) is 11.8 Å². The Morgan fingerprint density at radius 1 is 1.03 bits per heavy atom. The zero-order chi connectivity index (χ0) is 21.1. The summed E-state index contributed by atoms with van der Waals surface area (Å²) in [6, 6.07) is 2.98. The second-order valence-electron chi connectivity index (χ2n) is 9.80. The van der Waals surface area contributed by atoms with Crippen molar-refractivity contribution in [2.24, 2.45) is 28.6 Å². The number of benzene rings is 1. The van der Waals surface area contributed by atoms with E-state index in [-0.39, 0.29) is 28.4 Å². The first kappa shape index (κ1) is 19.8. The molecule has 0 saturated heterocycles.